The van der Waals surface area contributed by atoms with Crippen LogP contribution in [0, 0.1) is 22.7 Å². The normalized spacial score (nSPS) is 40.4. The lowest BCUT2D eigenvalue weighted by Crippen LogP contribution is -2.50. The molecule has 1 fully saturated rings. The van der Waals surface area contributed by atoms with E-state index in [2.05, 4.69) is 26.8 Å². The zero-order chi connectivity index (χ0) is 12.8. The third-order valence-electron chi connectivity index (χ3n) is 5.31. The average Bonchev–Trinajstić information content (AvgIpc) is 2.14. The minimum Gasteiger partial charge on any atom is -0.481 e. The molecule has 0 aromatic carbocycles. The summed E-state index contributed by atoms with van der Waals surface area (Å²) in [6.07, 6.45) is 6.67. The van der Waals surface area contributed by atoms with Crippen LogP contribution in [0.25, 0.3) is 0 Å². The van der Waals surface area contributed by atoms with E-state index in [1.165, 1.54) is 6.42 Å². The highest BCUT2D eigenvalue weighted by Crippen LogP contribution is 2.59. The maximum atomic E-state index is 11.6. The molecule has 0 aliphatic heterocycles. The predicted octanol–water partition coefficient (Wildman–Crippen LogP) is 3.87. The number of allylic oxidation sites excluding steroid dienone is 1. The molecule has 0 unspecified atom stereocenters. The molecule has 2 rings (SSSR count). The molecule has 0 saturated heterocycles. The van der Waals surface area contributed by atoms with Gasteiger partial charge in [0.2, 0.25) is 0 Å². The molecule has 0 amide bonds. The lowest BCUT2D eigenvalue weighted by atomic mass is 9.49. The van der Waals surface area contributed by atoms with Crippen LogP contribution in [-0.4, -0.2) is 11.1 Å². The Morgan fingerprint density at radius 1 is 1.35 bits per heavy atom. The standard InChI is InChI=1S/C15H24O2/c1-10-6-7-11-14(2,3)8-5-9-15(11,4)12(10)13(16)17/h6,11-12H,5,7-9H2,1-4H3,(H,16,17)/t11-,12-,15+/m1/s1. The van der Waals surface area contributed by atoms with Gasteiger partial charge in [-0.3, -0.25) is 4.79 Å². The molecular formula is C15H24O2. The fraction of sp³-hybridized carbons (Fsp3) is 0.800. The molecule has 3 atom stereocenters. The highest BCUT2D eigenvalue weighted by Gasteiger charge is 2.54. The first-order valence-corrected chi connectivity index (χ1v) is 6.68. The van der Waals surface area contributed by atoms with Crippen molar-refractivity contribution < 1.29 is 9.90 Å². The third-order valence-corrected chi connectivity index (χ3v) is 5.31. The molecule has 0 bridgehead atoms. The molecular weight excluding hydrogens is 212 g/mol. The minimum atomic E-state index is -0.636. The first-order chi connectivity index (χ1) is 7.79. The molecule has 2 nitrogen and oxygen atoms in total. The van der Waals surface area contributed by atoms with Gasteiger partial charge in [0.15, 0.2) is 0 Å². The maximum Gasteiger partial charge on any atom is 0.311 e. The zero-order valence-electron chi connectivity index (χ0n) is 11.4. The molecule has 2 heteroatoms. The summed E-state index contributed by atoms with van der Waals surface area (Å²) in [5, 5.41) is 9.54. The van der Waals surface area contributed by atoms with E-state index in [9.17, 15) is 9.90 Å². The van der Waals surface area contributed by atoms with Crippen molar-refractivity contribution >= 4 is 5.97 Å². The summed E-state index contributed by atoms with van der Waals surface area (Å²) in [7, 11) is 0. The Bertz CT molecular complexity index is 367. The number of carboxylic acid groups (broad SMARTS) is 1. The van der Waals surface area contributed by atoms with E-state index in [0.717, 1.165) is 24.8 Å². The number of carbonyl (C=O) groups is 1. The Hall–Kier alpha value is -0.790. The van der Waals surface area contributed by atoms with Gasteiger partial charge in [0.25, 0.3) is 0 Å². The number of hydrogen-bond acceptors (Lipinski definition) is 1. The van der Waals surface area contributed by atoms with Gasteiger partial charge in [-0.1, -0.05) is 38.8 Å². The predicted molar refractivity (Wildman–Crippen MR) is 68.7 cm³/mol. The summed E-state index contributed by atoms with van der Waals surface area (Å²) in [6.45, 7) is 8.81. The van der Waals surface area contributed by atoms with Crippen LogP contribution in [0.2, 0.25) is 0 Å². The lowest BCUT2D eigenvalue weighted by Gasteiger charge is -2.55. The molecule has 96 valence electrons. The van der Waals surface area contributed by atoms with Gasteiger partial charge in [0, 0.05) is 0 Å². The van der Waals surface area contributed by atoms with Gasteiger partial charge < -0.3 is 5.11 Å². The van der Waals surface area contributed by atoms with Crippen molar-refractivity contribution in [2.24, 2.45) is 22.7 Å². The van der Waals surface area contributed by atoms with E-state index in [0.29, 0.717) is 5.92 Å². The Balaban J connectivity index is 2.46. The smallest absolute Gasteiger partial charge is 0.311 e. The zero-order valence-corrected chi connectivity index (χ0v) is 11.4. The average molecular weight is 236 g/mol. The molecule has 0 heterocycles. The van der Waals surface area contributed by atoms with Gasteiger partial charge in [-0.15, -0.1) is 0 Å². The summed E-state index contributed by atoms with van der Waals surface area (Å²) in [5.41, 5.74) is 1.29. The Kier molecular flexibility index (Phi) is 2.87. The minimum absolute atomic E-state index is 0.0492. The largest absolute Gasteiger partial charge is 0.481 e. The second kappa shape index (κ2) is 3.86. The van der Waals surface area contributed by atoms with Crippen molar-refractivity contribution in [3.63, 3.8) is 0 Å². The van der Waals surface area contributed by atoms with E-state index >= 15 is 0 Å². The van der Waals surface area contributed by atoms with Crippen molar-refractivity contribution in [2.45, 2.75) is 53.4 Å². The molecule has 0 aromatic heterocycles. The molecule has 2 aliphatic rings. The second-order valence-corrected chi connectivity index (χ2v) is 6.86. The highest BCUT2D eigenvalue weighted by molar-refractivity contribution is 5.75. The van der Waals surface area contributed by atoms with Gasteiger partial charge in [-0.05, 0) is 42.9 Å². The van der Waals surface area contributed by atoms with Crippen LogP contribution >= 0.6 is 0 Å². The second-order valence-electron chi connectivity index (χ2n) is 6.86. The van der Waals surface area contributed by atoms with Crippen LogP contribution < -0.4 is 0 Å². The summed E-state index contributed by atoms with van der Waals surface area (Å²) >= 11 is 0. The maximum absolute atomic E-state index is 11.6. The van der Waals surface area contributed by atoms with Crippen LogP contribution in [0.3, 0.4) is 0 Å². The van der Waals surface area contributed by atoms with E-state index in [4.69, 9.17) is 0 Å². The van der Waals surface area contributed by atoms with Crippen LogP contribution in [0.15, 0.2) is 11.6 Å². The van der Waals surface area contributed by atoms with E-state index in [-0.39, 0.29) is 16.7 Å². The van der Waals surface area contributed by atoms with Crippen LogP contribution in [0.4, 0.5) is 0 Å². The van der Waals surface area contributed by atoms with Crippen LogP contribution in [0.1, 0.15) is 53.4 Å². The van der Waals surface area contributed by atoms with E-state index in [1.54, 1.807) is 0 Å². The fourth-order valence-corrected chi connectivity index (χ4v) is 4.52. The van der Waals surface area contributed by atoms with Gasteiger partial charge in [0.05, 0.1) is 5.92 Å². The summed E-state index contributed by atoms with van der Waals surface area (Å²) < 4.78 is 0. The fourth-order valence-electron chi connectivity index (χ4n) is 4.52. The van der Waals surface area contributed by atoms with Gasteiger partial charge in [-0.25, -0.2) is 0 Å². The molecule has 0 spiro atoms. The van der Waals surface area contributed by atoms with Crippen LogP contribution in [-0.2, 0) is 4.79 Å². The first-order valence-electron chi connectivity index (χ1n) is 6.68. The summed E-state index contributed by atoms with van der Waals surface area (Å²) in [5.74, 6) is -0.405. The number of aliphatic carboxylic acids is 1. The summed E-state index contributed by atoms with van der Waals surface area (Å²) in [4.78, 5) is 11.6. The Morgan fingerprint density at radius 2 is 2.00 bits per heavy atom. The molecule has 0 aromatic rings. The highest BCUT2D eigenvalue weighted by atomic mass is 16.4. The molecule has 1 saturated carbocycles. The van der Waals surface area contributed by atoms with E-state index < -0.39 is 5.97 Å². The molecule has 2 aliphatic carbocycles. The Morgan fingerprint density at radius 3 is 2.59 bits per heavy atom. The van der Waals surface area contributed by atoms with Gasteiger partial charge in [0.1, 0.15) is 0 Å². The van der Waals surface area contributed by atoms with Crippen LogP contribution in [0.5, 0.6) is 0 Å². The SMILES string of the molecule is CC1=CC[C@@H]2C(C)(C)CCC[C@]2(C)[C@H]1C(=O)O. The first kappa shape index (κ1) is 12.7. The molecule has 0 radical (unpaired) electrons. The van der Waals surface area contributed by atoms with Crippen molar-refractivity contribution in [1.29, 1.82) is 0 Å². The topological polar surface area (TPSA) is 37.3 Å². The third kappa shape index (κ3) is 1.82. The number of fused-ring (bicyclic) bond motifs is 1. The number of hydrogen-bond donors (Lipinski definition) is 1. The van der Waals surface area contributed by atoms with Crippen molar-refractivity contribution in [3.8, 4) is 0 Å². The van der Waals surface area contributed by atoms with Gasteiger partial charge in [-0.2, -0.15) is 0 Å². The van der Waals surface area contributed by atoms with Gasteiger partial charge >= 0.3 is 5.97 Å². The number of carboxylic acids is 1. The monoisotopic (exact) mass is 236 g/mol. The van der Waals surface area contributed by atoms with Crippen molar-refractivity contribution in [1.82, 2.24) is 0 Å². The Labute approximate surface area is 104 Å². The lowest BCUT2D eigenvalue weighted by molar-refractivity contribution is -0.150. The molecule has 1 N–H and O–H groups in total. The van der Waals surface area contributed by atoms with Crippen molar-refractivity contribution in [3.05, 3.63) is 11.6 Å². The van der Waals surface area contributed by atoms with Crippen molar-refractivity contribution in [2.75, 3.05) is 0 Å². The summed E-state index contributed by atoms with van der Waals surface area (Å²) in [6, 6.07) is 0. The number of rotatable bonds is 1. The quantitative estimate of drug-likeness (QED) is 0.702. The van der Waals surface area contributed by atoms with E-state index in [1.807, 2.05) is 6.92 Å². The molecule has 17 heavy (non-hydrogen) atoms.